The van der Waals surface area contributed by atoms with E-state index < -0.39 is 18.1 Å². The van der Waals surface area contributed by atoms with Gasteiger partial charge in [-0.15, -0.1) is 17.9 Å². The number of aliphatic hydroxyl groups excluding tert-OH is 2. The zero-order valence-electron chi connectivity index (χ0n) is 17.4. The van der Waals surface area contributed by atoms with Crippen LogP contribution in [0.5, 0.6) is 5.75 Å². The molecule has 0 radical (unpaired) electrons. The third-order valence-electron chi connectivity index (χ3n) is 5.54. The Balaban J connectivity index is 1.77. The van der Waals surface area contributed by atoms with Crippen LogP contribution in [0.1, 0.15) is 49.2 Å². The topological polar surface area (TPSA) is 60.7 Å². The van der Waals surface area contributed by atoms with Gasteiger partial charge in [-0.1, -0.05) is 67.5 Å². The minimum absolute atomic E-state index is 0.284. The van der Waals surface area contributed by atoms with Crippen LogP contribution in [0.2, 0.25) is 0 Å². The van der Waals surface area contributed by atoms with Gasteiger partial charge in [0.05, 0.1) is 12.2 Å². The molecular weight excluding hydrogens is 392 g/mol. The summed E-state index contributed by atoms with van der Waals surface area (Å²) in [5, 5.41) is 35.3. The second-order valence-corrected chi connectivity index (χ2v) is 8.63. The van der Waals surface area contributed by atoms with E-state index in [4.69, 9.17) is 0 Å². The van der Waals surface area contributed by atoms with E-state index in [1.165, 1.54) is 16.9 Å². The van der Waals surface area contributed by atoms with Gasteiger partial charge in [-0.3, -0.25) is 0 Å². The lowest BCUT2D eigenvalue weighted by molar-refractivity contribution is 0.0336. The highest BCUT2D eigenvalue weighted by atomic mass is 32.1. The summed E-state index contributed by atoms with van der Waals surface area (Å²) in [6, 6.07) is 15.3. The Labute approximate surface area is 182 Å². The van der Waals surface area contributed by atoms with Gasteiger partial charge >= 0.3 is 0 Å². The molecule has 0 aliphatic carbocycles. The van der Waals surface area contributed by atoms with Gasteiger partial charge < -0.3 is 15.3 Å². The molecule has 30 heavy (non-hydrogen) atoms. The fourth-order valence-electron chi connectivity index (χ4n) is 3.91. The molecule has 3 nitrogen and oxygen atoms in total. The van der Waals surface area contributed by atoms with Crippen molar-refractivity contribution in [1.82, 2.24) is 0 Å². The summed E-state index contributed by atoms with van der Waals surface area (Å²) in [5.74, 6) is -0.118. The number of thiophene rings is 1. The fourth-order valence-corrected chi connectivity index (χ4v) is 4.68. The summed E-state index contributed by atoms with van der Waals surface area (Å²) in [6.07, 6.45) is 5.68. The van der Waals surface area contributed by atoms with Crippen LogP contribution in [0.4, 0.5) is 0 Å². The number of fused-ring (bicyclic) bond motifs is 1. The standard InChI is InChI=1S/C26H30O3S/c1-3-8-18(17-19-13-15-24(28)22-10-6-5-9-21(19)22)12-14-23(27)20(4-2)26(29)25-11-7-16-30-25/h4-7,9-11,13,15-17,20,23,26-29H,2-3,8,12,14H2,1H3/b18-17+/t20-,23-,26+/m1/s1. The van der Waals surface area contributed by atoms with E-state index in [9.17, 15) is 15.3 Å². The number of rotatable bonds is 10. The monoisotopic (exact) mass is 422 g/mol. The van der Waals surface area contributed by atoms with Gasteiger partial charge in [0.25, 0.3) is 0 Å². The van der Waals surface area contributed by atoms with Crippen molar-refractivity contribution >= 4 is 28.2 Å². The van der Waals surface area contributed by atoms with Crippen LogP contribution < -0.4 is 0 Å². The quantitative estimate of drug-likeness (QED) is 0.328. The van der Waals surface area contributed by atoms with Crippen molar-refractivity contribution < 1.29 is 15.3 Å². The first-order valence-corrected chi connectivity index (χ1v) is 11.3. The Morgan fingerprint density at radius 2 is 1.80 bits per heavy atom. The molecule has 3 rings (SSSR count). The molecule has 0 amide bonds. The molecule has 1 aromatic heterocycles. The number of benzene rings is 2. The largest absolute Gasteiger partial charge is 0.507 e. The van der Waals surface area contributed by atoms with Crippen molar-refractivity contribution in [3.05, 3.63) is 82.6 Å². The van der Waals surface area contributed by atoms with Crippen LogP contribution >= 0.6 is 11.3 Å². The Kier molecular flexibility index (Phi) is 7.86. The number of aliphatic hydroxyl groups is 2. The van der Waals surface area contributed by atoms with Crippen molar-refractivity contribution in [2.45, 2.75) is 44.8 Å². The highest BCUT2D eigenvalue weighted by Crippen LogP contribution is 2.33. The summed E-state index contributed by atoms with van der Waals surface area (Å²) in [5.41, 5.74) is 2.32. The van der Waals surface area contributed by atoms with Crippen LogP contribution in [0, 0.1) is 5.92 Å². The molecule has 158 valence electrons. The Morgan fingerprint density at radius 1 is 1.03 bits per heavy atom. The normalized spacial score (nSPS) is 15.1. The maximum Gasteiger partial charge on any atom is 0.123 e. The summed E-state index contributed by atoms with van der Waals surface area (Å²) in [7, 11) is 0. The van der Waals surface area contributed by atoms with Gasteiger partial charge in [-0.25, -0.2) is 0 Å². The van der Waals surface area contributed by atoms with Gasteiger partial charge in [0, 0.05) is 16.2 Å². The lowest BCUT2D eigenvalue weighted by Gasteiger charge is -2.24. The molecule has 1 heterocycles. The Hall–Kier alpha value is -2.40. The van der Waals surface area contributed by atoms with E-state index in [0.717, 1.165) is 40.5 Å². The van der Waals surface area contributed by atoms with Crippen LogP contribution in [-0.2, 0) is 0 Å². The van der Waals surface area contributed by atoms with E-state index in [2.05, 4.69) is 19.6 Å². The average Bonchev–Trinajstić information content (AvgIpc) is 3.30. The molecule has 0 unspecified atom stereocenters. The lowest BCUT2D eigenvalue weighted by atomic mass is 9.89. The van der Waals surface area contributed by atoms with Crippen LogP contribution in [0.25, 0.3) is 16.8 Å². The van der Waals surface area contributed by atoms with E-state index in [0.29, 0.717) is 6.42 Å². The third-order valence-corrected chi connectivity index (χ3v) is 6.49. The van der Waals surface area contributed by atoms with Crippen molar-refractivity contribution in [3.63, 3.8) is 0 Å². The average molecular weight is 423 g/mol. The molecule has 4 heteroatoms. The predicted octanol–water partition coefficient (Wildman–Crippen LogP) is 6.47. The van der Waals surface area contributed by atoms with Crippen molar-refractivity contribution in [3.8, 4) is 5.75 Å². The van der Waals surface area contributed by atoms with Gasteiger partial charge in [0.2, 0.25) is 0 Å². The number of hydrogen-bond donors (Lipinski definition) is 3. The zero-order chi connectivity index (χ0) is 21.5. The molecule has 0 aliphatic heterocycles. The maximum atomic E-state index is 10.8. The van der Waals surface area contributed by atoms with Crippen molar-refractivity contribution in [2.24, 2.45) is 5.92 Å². The van der Waals surface area contributed by atoms with Gasteiger partial charge in [0.1, 0.15) is 5.75 Å². The molecule has 2 aromatic carbocycles. The number of hydrogen-bond acceptors (Lipinski definition) is 4. The number of aromatic hydroxyl groups is 1. The summed E-state index contributed by atoms with van der Waals surface area (Å²) < 4.78 is 0. The smallest absolute Gasteiger partial charge is 0.123 e. The molecular formula is C26H30O3S. The van der Waals surface area contributed by atoms with Gasteiger partial charge in [-0.2, -0.15) is 0 Å². The first-order chi connectivity index (χ1) is 14.5. The summed E-state index contributed by atoms with van der Waals surface area (Å²) in [6.45, 7) is 5.98. The second-order valence-electron chi connectivity index (χ2n) is 7.65. The predicted molar refractivity (Wildman–Crippen MR) is 127 cm³/mol. The van der Waals surface area contributed by atoms with E-state index in [-0.39, 0.29) is 5.75 Å². The second kappa shape index (κ2) is 10.6. The first-order valence-electron chi connectivity index (χ1n) is 10.5. The van der Waals surface area contributed by atoms with E-state index in [1.54, 1.807) is 12.1 Å². The third kappa shape index (κ3) is 5.20. The van der Waals surface area contributed by atoms with E-state index in [1.807, 2.05) is 47.8 Å². The molecule has 0 fully saturated rings. The highest BCUT2D eigenvalue weighted by molar-refractivity contribution is 7.10. The van der Waals surface area contributed by atoms with Crippen molar-refractivity contribution in [2.75, 3.05) is 0 Å². The molecule has 3 aromatic rings. The molecule has 0 aliphatic rings. The molecule has 3 atom stereocenters. The number of phenolic OH excluding ortho intramolecular Hbond substituents is 1. The molecule has 0 spiro atoms. The van der Waals surface area contributed by atoms with Gasteiger partial charge in [0.15, 0.2) is 0 Å². The minimum atomic E-state index is -0.739. The molecule has 0 saturated heterocycles. The fraction of sp³-hybridized carbons (Fsp3) is 0.308. The Bertz CT molecular complexity index is 991. The first kappa shape index (κ1) is 22.3. The lowest BCUT2D eigenvalue weighted by Crippen LogP contribution is -2.24. The SMILES string of the molecule is C=C[C@H]([C@H](O)CC/C(=C/c1ccc(O)c2ccccc12)CCC)[C@H](O)c1cccs1. The number of allylic oxidation sites excluding steroid dienone is 1. The Morgan fingerprint density at radius 3 is 2.47 bits per heavy atom. The van der Waals surface area contributed by atoms with Crippen LogP contribution in [-0.4, -0.2) is 21.4 Å². The molecule has 0 bridgehead atoms. The van der Waals surface area contributed by atoms with E-state index >= 15 is 0 Å². The van der Waals surface area contributed by atoms with Crippen LogP contribution in [0.3, 0.4) is 0 Å². The minimum Gasteiger partial charge on any atom is -0.507 e. The highest BCUT2D eigenvalue weighted by Gasteiger charge is 2.26. The summed E-state index contributed by atoms with van der Waals surface area (Å²) in [4.78, 5) is 0.846. The van der Waals surface area contributed by atoms with Crippen molar-refractivity contribution in [1.29, 1.82) is 0 Å². The molecule has 3 N–H and O–H groups in total. The molecule has 0 saturated carbocycles. The van der Waals surface area contributed by atoms with Gasteiger partial charge in [-0.05, 0) is 47.7 Å². The van der Waals surface area contributed by atoms with Crippen LogP contribution in [0.15, 0.2) is 72.1 Å². The number of phenols is 1. The zero-order valence-corrected chi connectivity index (χ0v) is 18.2. The summed E-state index contributed by atoms with van der Waals surface area (Å²) >= 11 is 1.49. The maximum absolute atomic E-state index is 10.8.